The van der Waals surface area contributed by atoms with Gasteiger partial charge in [-0.1, -0.05) is 24.6 Å². The normalized spacial score (nSPS) is 20.5. The highest BCUT2D eigenvalue weighted by Crippen LogP contribution is 2.25. The van der Waals surface area contributed by atoms with Gasteiger partial charge >= 0.3 is 0 Å². The van der Waals surface area contributed by atoms with Crippen LogP contribution in [-0.2, 0) is 4.79 Å². The van der Waals surface area contributed by atoms with E-state index in [1.807, 2.05) is 13.8 Å². The Kier molecular flexibility index (Phi) is 6.12. The van der Waals surface area contributed by atoms with E-state index in [1.165, 1.54) is 6.92 Å². The van der Waals surface area contributed by atoms with Crippen LogP contribution >= 0.6 is 0 Å². The summed E-state index contributed by atoms with van der Waals surface area (Å²) in [5.74, 6) is -0.364. The predicted octanol–water partition coefficient (Wildman–Crippen LogP) is 2.70. The van der Waals surface area contributed by atoms with Crippen molar-refractivity contribution in [1.82, 2.24) is 10.6 Å². The van der Waals surface area contributed by atoms with Gasteiger partial charge in [-0.2, -0.15) is 0 Å². The number of ketones is 1. The molecule has 0 bridgehead atoms. The van der Waals surface area contributed by atoms with Gasteiger partial charge < -0.3 is 10.6 Å². The quantitative estimate of drug-likeness (QED) is 0.815. The molecule has 0 saturated heterocycles. The highest BCUT2D eigenvalue weighted by Gasteiger charge is 2.29. The molecule has 2 rings (SSSR count). The van der Waals surface area contributed by atoms with Crippen molar-refractivity contribution >= 4 is 17.6 Å². The first-order valence-corrected chi connectivity index (χ1v) is 8.59. The van der Waals surface area contributed by atoms with Gasteiger partial charge in [0.15, 0.2) is 5.78 Å². The minimum atomic E-state index is -0.240. The monoisotopic (exact) mass is 330 g/mol. The highest BCUT2D eigenvalue weighted by molar-refractivity contribution is 6.07. The number of nitrogens with one attached hydrogen (secondary N) is 2. The van der Waals surface area contributed by atoms with Gasteiger partial charge in [0.1, 0.15) is 0 Å². The van der Waals surface area contributed by atoms with E-state index in [9.17, 15) is 14.4 Å². The van der Waals surface area contributed by atoms with Gasteiger partial charge in [-0.3, -0.25) is 14.4 Å². The van der Waals surface area contributed by atoms with Gasteiger partial charge in [0.25, 0.3) is 5.91 Å². The lowest BCUT2D eigenvalue weighted by atomic mass is 9.84. The predicted molar refractivity (Wildman–Crippen MR) is 92.9 cm³/mol. The third-order valence-corrected chi connectivity index (χ3v) is 4.36. The molecule has 0 aromatic heterocycles. The molecule has 2 N–H and O–H groups in total. The number of hydrogen-bond acceptors (Lipinski definition) is 3. The summed E-state index contributed by atoms with van der Waals surface area (Å²) in [6.45, 7) is 5.34. The fourth-order valence-electron chi connectivity index (χ4n) is 3.21. The summed E-state index contributed by atoms with van der Waals surface area (Å²) in [6.07, 6.45) is 3.27. The van der Waals surface area contributed by atoms with E-state index in [-0.39, 0.29) is 35.6 Å². The Hall–Kier alpha value is -2.17. The molecule has 0 unspecified atom stereocenters. The minimum absolute atomic E-state index is 0.0332. The second kappa shape index (κ2) is 8.08. The molecule has 1 aromatic carbocycles. The molecular weight excluding hydrogens is 304 g/mol. The SMILES string of the molecule is CC(=O)c1ccccc1C(=O)N[C@@H]1CCC[C@H](C(=O)NC(C)C)C1. The van der Waals surface area contributed by atoms with Crippen LogP contribution in [0.15, 0.2) is 24.3 Å². The van der Waals surface area contributed by atoms with Crippen LogP contribution in [0.2, 0.25) is 0 Å². The molecule has 24 heavy (non-hydrogen) atoms. The van der Waals surface area contributed by atoms with E-state index in [2.05, 4.69) is 10.6 Å². The highest BCUT2D eigenvalue weighted by atomic mass is 16.2. The van der Waals surface area contributed by atoms with E-state index in [0.717, 1.165) is 19.3 Å². The van der Waals surface area contributed by atoms with Crippen molar-refractivity contribution in [3.8, 4) is 0 Å². The largest absolute Gasteiger partial charge is 0.354 e. The Balaban J connectivity index is 2.02. The van der Waals surface area contributed by atoms with E-state index >= 15 is 0 Å². The van der Waals surface area contributed by atoms with E-state index in [4.69, 9.17) is 0 Å². The smallest absolute Gasteiger partial charge is 0.252 e. The zero-order valence-electron chi connectivity index (χ0n) is 14.6. The van der Waals surface area contributed by atoms with Gasteiger partial charge in [-0.15, -0.1) is 0 Å². The Labute approximate surface area is 143 Å². The second-order valence-corrected chi connectivity index (χ2v) is 6.80. The summed E-state index contributed by atoms with van der Waals surface area (Å²) in [6, 6.07) is 6.92. The van der Waals surface area contributed by atoms with Crippen LogP contribution in [0.5, 0.6) is 0 Å². The lowest BCUT2D eigenvalue weighted by Crippen LogP contribution is -2.44. The van der Waals surface area contributed by atoms with E-state index in [0.29, 0.717) is 17.5 Å². The molecule has 1 aromatic rings. The Morgan fingerprint density at radius 2 is 1.75 bits per heavy atom. The first-order valence-electron chi connectivity index (χ1n) is 8.59. The third kappa shape index (κ3) is 4.66. The van der Waals surface area contributed by atoms with Gasteiger partial charge in [-0.05, 0) is 46.1 Å². The molecule has 1 fully saturated rings. The summed E-state index contributed by atoms with van der Waals surface area (Å²) in [5.41, 5.74) is 0.832. The summed E-state index contributed by atoms with van der Waals surface area (Å²) >= 11 is 0. The van der Waals surface area contributed by atoms with Crippen molar-refractivity contribution in [1.29, 1.82) is 0 Å². The minimum Gasteiger partial charge on any atom is -0.354 e. The number of carbonyl (C=O) groups excluding carboxylic acids is 3. The maximum absolute atomic E-state index is 12.5. The Morgan fingerprint density at radius 3 is 2.38 bits per heavy atom. The lowest BCUT2D eigenvalue weighted by molar-refractivity contribution is -0.126. The first-order chi connectivity index (χ1) is 11.4. The van der Waals surface area contributed by atoms with Crippen molar-refractivity contribution in [2.75, 3.05) is 0 Å². The van der Waals surface area contributed by atoms with Gasteiger partial charge in [-0.25, -0.2) is 0 Å². The van der Waals surface area contributed by atoms with Crippen molar-refractivity contribution < 1.29 is 14.4 Å². The van der Waals surface area contributed by atoms with Gasteiger partial charge in [0.05, 0.1) is 5.56 Å². The number of amides is 2. The zero-order valence-corrected chi connectivity index (χ0v) is 14.6. The average molecular weight is 330 g/mol. The van der Waals surface area contributed by atoms with Crippen LogP contribution in [0.4, 0.5) is 0 Å². The molecular formula is C19H26N2O3. The topological polar surface area (TPSA) is 75.3 Å². The average Bonchev–Trinajstić information content (AvgIpc) is 2.54. The fourth-order valence-corrected chi connectivity index (χ4v) is 3.21. The molecule has 1 aliphatic carbocycles. The van der Waals surface area contributed by atoms with Crippen molar-refractivity contribution in [2.45, 2.75) is 58.5 Å². The van der Waals surface area contributed by atoms with Gasteiger partial charge in [0, 0.05) is 23.6 Å². The summed E-state index contributed by atoms with van der Waals surface area (Å²) in [7, 11) is 0. The number of hydrogen-bond donors (Lipinski definition) is 2. The first kappa shape index (κ1) is 18.2. The Bertz CT molecular complexity index is 625. The van der Waals surface area contributed by atoms with Gasteiger partial charge in [0.2, 0.25) is 5.91 Å². The standard InChI is InChI=1S/C19H26N2O3/c1-12(2)20-18(23)14-7-6-8-15(11-14)21-19(24)17-10-5-4-9-16(17)13(3)22/h4-5,9-10,12,14-15H,6-8,11H2,1-3H3,(H,20,23)(H,21,24)/t14-,15+/m0/s1. The molecule has 1 saturated carbocycles. The molecule has 0 aliphatic heterocycles. The zero-order chi connectivity index (χ0) is 17.7. The van der Waals surface area contributed by atoms with Crippen LogP contribution in [0.3, 0.4) is 0 Å². The molecule has 2 amide bonds. The number of carbonyl (C=O) groups is 3. The molecule has 0 heterocycles. The maximum atomic E-state index is 12.5. The van der Waals surface area contributed by atoms with Crippen LogP contribution in [0.25, 0.3) is 0 Å². The number of rotatable bonds is 5. The van der Waals surface area contributed by atoms with Crippen LogP contribution < -0.4 is 10.6 Å². The van der Waals surface area contributed by atoms with Crippen LogP contribution in [0, 0.1) is 5.92 Å². The van der Waals surface area contributed by atoms with Crippen molar-refractivity contribution in [3.05, 3.63) is 35.4 Å². The molecule has 1 aliphatic rings. The second-order valence-electron chi connectivity index (χ2n) is 6.80. The fraction of sp³-hybridized carbons (Fsp3) is 0.526. The summed E-state index contributed by atoms with van der Waals surface area (Å²) in [5, 5.41) is 5.94. The molecule has 130 valence electrons. The molecule has 0 spiro atoms. The Morgan fingerprint density at radius 1 is 1.08 bits per heavy atom. The molecule has 0 radical (unpaired) electrons. The van der Waals surface area contributed by atoms with E-state index in [1.54, 1.807) is 24.3 Å². The van der Waals surface area contributed by atoms with Crippen molar-refractivity contribution in [3.63, 3.8) is 0 Å². The van der Waals surface area contributed by atoms with Crippen LogP contribution in [0.1, 0.15) is 67.2 Å². The lowest BCUT2D eigenvalue weighted by Gasteiger charge is -2.29. The maximum Gasteiger partial charge on any atom is 0.252 e. The molecule has 2 atom stereocenters. The molecule has 5 nitrogen and oxygen atoms in total. The third-order valence-electron chi connectivity index (χ3n) is 4.36. The number of Topliss-reactive ketones (excluding diaryl/α,β-unsaturated/α-hetero) is 1. The van der Waals surface area contributed by atoms with E-state index < -0.39 is 0 Å². The molecule has 5 heteroatoms. The number of benzene rings is 1. The van der Waals surface area contributed by atoms with Crippen LogP contribution in [-0.4, -0.2) is 29.7 Å². The van der Waals surface area contributed by atoms with Crippen molar-refractivity contribution in [2.24, 2.45) is 5.92 Å². The summed E-state index contributed by atoms with van der Waals surface area (Å²) < 4.78 is 0. The summed E-state index contributed by atoms with van der Waals surface area (Å²) in [4.78, 5) is 36.4.